The minimum atomic E-state index is -0.406. The molecular formula is C27H27N3O4. The molecule has 2 heterocycles. The molecule has 0 aliphatic rings. The van der Waals surface area contributed by atoms with Crippen LogP contribution < -0.4 is 15.6 Å². The summed E-state index contributed by atoms with van der Waals surface area (Å²) in [7, 11) is 1.55. The van der Waals surface area contributed by atoms with E-state index in [0.29, 0.717) is 39.4 Å². The van der Waals surface area contributed by atoms with Crippen molar-refractivity contribution in [2.24, 2.45) is 4.99 Å². The molecule has 34 heavy (non-hydrogen) atoms. The number of amides is 1. The zero-order chi connectivity index (χ0) is 24.4. The van der Waals surface area contributed by atoms with Crippen LogP contribution in [-0.2, 0) is 6.61 Å². The van der Waals surface area contributed by atoms with E-state index in [1.807, 2.05) is 52.0 Å². The summed E-state index contributed by atoms with van der Waals surface area (Å²) in [5.41, 5.74) is 6.34. The molecule has 1 amide bonds. The van der Waals surface area contributed by atoms with Gasteiger partial charge in [-0.1, -0.05) is 12.1 Å². The third kappa shape index (κ3) is 4.70. The maximum atomic E-state index is 13.5. The number of benzene rings is 2. The number of hydrogen-bond donors (Lipinski definition) is 2. The second-order valence-corrected chi connectivity index (χ2v) is 8.35. The van der Waals surface area contributed by atoms with Crippen molar-refractivity contribution in [2.75, 3.05) is 12.4 Å². The third-order valence-corrected chi connectivity index (χ3v) is 5.51. The van der Waals surface area contributed by atoms with Crippen molar-refractivity contribution >= 4 is 28.3 Å². The first kappa shape index (κ1) is 23.2. The number of nitrogens with zero attached hydrogens (tertiary/aromatic N) is 2. The van der Waals surface area contributed by atoms with Crippen LogP contribution in [0.3, 0.4) is 0 Å². The Morgan fingerprint density at radius 2 is 1.79 bits per heavy atom. The van der Waals surface area contributed by atoms with E-state index >= 15 is 0 Å². The normalized spacial score (nSPS) is 11.6. The van der Waals surface area contributed by atoms with Gasteiger partial charge >= 0.3 is 0 Å². The van der Waals surface area contributed by atoms with Gasteiger partial charge < -0.3 is 19.6 Å². The maximum Gasteiger partial charge on any atom is 0.261 e. The number of rotatable bonds is 5. The van der Waals surface area contributed by atoms with Crippen molar-refractivity contribution in [3.8, 4) is 5.75 Å². The number of carbonyl (C=O) groups is 1. The van der Waals surface area contributed by atoms with Gasteiger partial charge in [0.1, 0.15) is 11.3 Å². The SMILES string of the molecule is COc1ccc(C)cc1NC(=O)c1cc2c(CO)cnc(C)c2oc1=Nc1cc(C)cc(C)c1. The van der Waals surface area contributed by atoms with Crippen LogP contribution in [0.15, 0.2) is 58.1 Å². The van der Waals surface area contributed by atoms with Crippen LogP contribution >= 0.6 is 0 Å². The predicted octanol–water partition coefficient (Wildman–Crippen LogP) is 5.05. The largest absolute Gasteiger partial charge is 0.495 e. The monoisotopic (exact) mass is 457 g/mol. The highest BCUT2D eigenvalue weighted by atomic mass is 16.5. The molecule has 174 valence electrons. The summed E-state index contributed by atoms with van der Waals surface area (Å²) < 4.78 is 11.6. The highest BCUT2D eigenvalue weighted by Gasteiger charge is 2.18. The molecule has 7 heteroatoms. The van der Waals surface area contributed by atoms with Gasteiger partial charge in [0, 0.05) is 17.1 Å². The topological polar surface area (TPSA) is 97.0 Å². The van der Waals surface area contributed by atoms with Gasteiger partial charge in [0.25, 0.3) is 5.91 Å². The van der Waals surface area contributed by atoms with Gasteiger partial charge in [-0.15, -0.1) is 0 Å². The summed E-state index contributed by atoms with van der Waals surface area (Å²) in [6, 6.07) is 13.1. The fourth-order valence-corrected chi connectivity index (χ4v) is 3.90. The van der Waals surface area contributed by atoms with Gasteiger partial charge in [0.05, 0.1) is 30.8 Å². The van der Waals surface area contributed by atoms with E-state index in [1.54, 1.807) is 25.4 Å². The number of pyridine rings is 1. The summed E-state index contributed by atoms with van der Waals surface area (Å²) in [4.78, 5) is 22.5. The van der Waals surface area contributed by atoms with Crippen LogP contribution in [-0.4, -0.2) is 23.1 Å². The molecule has 4 aromatic rings. The Bertz CT molecular complexity index is 1450. The van der Waals surface area contributed by atoms with Crippen LogP contribution in [0.25, 0.3) is 11.0 Å². The van der Waals surface area contributed by atoms with E-state index < -0.39 is 5.91 Å². The molecular weight excluding hydrogens is 430 g/mol. The van der Waals surface area contributed by atoms with Crippen LogP contribution in [0.2, 0.25) is 0 Å². The molecule has 2 aromatic carbocycles. The summed E-state index contributed by atoms with van der Waals surface area (Å²) in [5, 5.41) is 13.4. The highest BCUT2D eigenvalue weighted by molar-refractivity contribution is 6.06. The van der Waals surface area contributed by atoms with Gasteiger partial charge in [-0.05, 0) is 74.7 Å². The van der Waals surface area contributed by atoms with Crippen molar-refractivity contribution in [1.82, 2.24) is 4.98 Å². The predicted molar refractivity (Wildman–Crippen MR) is 131 cm³/mol. The Hall–Kier alpha value is -3.97. The lowest BCUT2D eigenvalue weighted by Crippen LogP contribution is -2.22. The van der Waals surface area contributed by atoms with Gasteiger partial charge in [0.2, 0.25) is 5.55 Å². The van der Waals surface area contributed by atoms with Gasteiger partial charge in [0.15, 0.2) is 5.58 Å². The number of fused-ring (bicyclic) bond motifs is 1. The Labute approximate surface area is 197 Å². The Kier molecular flexibility index (Phi) is 6.47. The molecule has 7 nitrogen and oxygen atoms in total. The molecule has 4 rings (SSSR count). The summed E-state index contributed by atoms with van der Waals surface area (Å²) >= 11 is 0. The van der Waals surface area contributed by atoms with Crippen molar-refractivity contribution in [3.05, 3.63) is 87.7 Å². The van der Waals surface area contributed by atoms with Gasteiger partial charge in [-0.3, -0.25) is 9.78 Å². The van der Waals surface area contributed by atoms with E-state index in [1.165, 1.54) is 0 Å². The van der Waals surface area contributed by atoms with E-state index in [4.69, 9.17) is 9.15 Å². The van der Waals surface area contributed by atoms with Crippen LogP contribution in [0.4, 0.5) is 11.4 Å². The molecule has 0 spiro atoms. The zero-order valence-electron chi connectivity index (χ0n) is 19.9. The highest BCUT2D eigenvalue weighted by Crippen LogP contribution is 2.27. The second-order valence-electron chi connectivity index (χ2n) is 8.35. The number of aliphatic hydroxyl groups is 1. The number of carbonyl (C=O) groups excluding carboxylic acids is 1. The molecule has 0 radical (unpaired) electrons. The second kappa shape index (κ2) is 9.49. The van der Waals surface area contributed by atoms with Gasteiger partial charge in [-0.2, -0.15) is 0 Å². The standard InChI is InChI=1S/C27H27N3O4/c1-15-6-7-24(33-5)23(11-15)30-26(32)22-12-21-19(14-31)13-28-18(4)25(21)34-27(22)29-20-9-16(2)8-17(3)10-20/h6-13,31H,14H2,1-5H3,(H,30,32). The Morgan fingerprint density at radius 1 is 1.06 bits per heavy atom. The molecule has 2 N–H and O–H groups in total. The molecule has 0 aliphatic heterocycles. The first-order valence-electron chi connectivity index (χ1n) is 10.9. The molecule has 0 bridgehead atoms. The van der Waals surface area contributed by atoms with Crippen LogP contribution in [0, 0.1) is 27.7 Å². The molecule has 0 atom stereocenters. The summed E-state index contributed by atoms with van der Waals surface area (Å²) in [5.74, 6) is 0.136. The molecule has 0 fully saturated rings. The fourth-order valence-electron chi connectivity index (χ4n) is 3.90. The van der Waals surface area contributed by atoms with E-state index in [9.17, 15) is 9.90 Å². The number of aromatic nitrogens is 1. The average molecular weight is 458 g/mol. The number of anilines is 1. The van der Waals surface area contributed by atoms with E-state index in [0.717, 1.165) is 16.7 Å². The number of hydrogen-bond acceptors (Lipinski definition) is 6. The van der Waals surface area contributed by atoms with E-state index in [-0.39, 0.29) is 17.7 Å². The summed E-state index contributed by atoms with van der Waals surface area (Å²) in [6.45, 7) is 7.49. The van der Waals surface area contributed by atoms with Crippen LogP contribution in [0.5, 0.6) is 5.75 Å². The first-order chi connectivity index (χ1) is 16.3. The molecule has 2 aromatic heterocycles. The minimum absolute atomic E-state index is 0.154. The summed E-state index contributed by atoms with van der Waals surface area (Å²) in [6.07, 6.45) is 1.58. The van der Waals surface area contributed by atoms with Crippen molar-refractivity contribution in [3.63, 3.8) is 0 Å². The number of aliphatic hydroxyl groups excluding tert-OH is 1. The fraction of sp³-hybridized carbons (Fsp3) is 0.222. The number of ether oxygens (including phenoxy) is 1. The Morgan fingerprint density at radius 3 is 2.47 bits per heavy atom. The van der Waals surface area contributed by atoms with Crippen molar-refractivity contribution < 1.29 is 19.1 Å². The number of aryl methyl sites for hydroxylation is 4. The quantitative estimate of drug-likeness (QED) is 0.437. The zero-order valence-corrected chi connectivity index (χ0v) is 19.9. The number of nitrogens with one attached hydrogen (secondary N) is 1. The maximum absolute atomic E-state index is 13.5. The smallest absolute Gasteiger partial charge is 0.261 e. The lowest BCUT2D eigenvalue weighted by Gasteiger charge is -2.12. The van der Waals surface area contributed by atoms with Gasteiger partial charge in [-0.25, -0.2) is 4.99 Å². The first-order valence-corrected chi connectivity index (χ1v) is 10.9. The molecule has 0 unspecified atom stereocenters. The number of methoxy groups -OCH3 is 1. The molecule has 0 saturated carbocycles. The van der Waals surface area contributed by atoms with Crippen molar-refractivity contribution in [1.29, 1.82) is 0 Å². The average Bonchev–Trinajstić information content (AvgIpc) is 2.79. The lowest BCUT2D eigenvalue weighted by atomic mass is 10.1. The minimum Gasteiger partial charge on any atom is -0.495 e. The van der Waals surface area contributed by atoms with Crippen molar-refractivity contribution in [2.45, 2.75) is 34.3 Å². The molecule has 0 aliphatic carbocycles. The molecule has 0 saturated heterocycles. The van der Waals surface area contributed by atoms with Crippen LogP contribution in [0.1, 0.15) is 38.3 Å². The third-order valence-electron chi connectivity index (χ3n) is 5.51. The van der Waals surface area contributed by atoms with E-state index in [2.05, 4.69) is 21.4 Å². The Balaban J connectivity index is 1.95. The lowest BCUT2D eigenvalue weighted by molar-refractivity contribution is 0.102.